The molecule has 1 aliphatic rings. The molecule has 1 aromatic carbocycles. The lowest BCUT2D eigenvalue weighted by Gasteiger charge is -2.39. The SMILES string of the molecule is Cc1cccc(C)c1C(CN)N1CCC(CN(C)C)CC1. The zero-order valence-corrected chi connectivity index (χ0v) is 14.1. The molecule has 1 heterocycles. The van der Waals surface area contributed by atoms with E-state index in [1.165, 1.54) is 49.2 Å². The van der Waals surface area contributed by atoms with Crippen LogP contribution in [-0.4, -0.2) is 50.1 Å². The van der Waals surface area contributed by atoms with Gasteiger partial charge in [-0.2, -0.15) is 0 Å². The Morgan fingerprint density at radius 3 is 2.24 bits per heavy atom. The summed E-state index contributed by atoms with van der Waals surface area (Å²) in [5.74, 6) is 0.840. The van der Waals surface area contributed by atoms with Gasteiger partial charge in [0.05, 0.1) is 0 Å². The standard InChI is InChI=1S/C18H31N3/c1-14-6-5-7-15(2)18(14)17(12-19)21-10-8-16(9-11-21)13-20(3)4/h5-7,16-17H,8-13,19H2,1-4H3. The summed E-state index contributed by atoms with van der Waals surface area (Å²) in [6.07, 6.45) is 2.58. The van der Waals surface area contributed by atoms with Crippen molar-refractivity contribution in [3.05, 3.63) is 34.9 Å². The van der Waals surface area contributed by atoms with Crippen molar-refractivity contribution in [2.24, 2.45) is 11.7 Å². The number of piperidine rings is 1. The Kier molecular flexibility index (Phi) is 5.80. The van der Waals surface area contributed by atoms with Crippen molar-refractivity contribution in [3.8, 4) is 0 Å². The molecule has 3 nitrogen and oxygen atoms in total. The van der Waals surface area contributed by atoms with Gasteiger partial charge in [-0.1, -0.05) is 18.2 Å². The molecule has 0 amide bonds. The summed E-state index contributed by atoms with van der Waals surface area (Å²) in [7, 11) is 4.34. The fraction of sp³-hybridized carbons (Fsp3) is 0.667. The smallest absolute Gasteiger partial charge is 0.0475 e. The van der Waals surface area contributed by atoms with E-state index in [2.05, 4.69) is 55.9 Å². The number of nitrogens with zero attached hydrogens (tertiary/aromatic N) is 2. The van der Waals surface area contributed by atoms with Gasteiger partial charge in [0.15, 0.2) is 0 Å². The Bertz CT molecular complexity index is 428. The van der Waals surface area contributed by atoms with E-state index >= 15 is 0 Å². The van der Waals surface area contributed by atoms with E-state index in [1.54, 1.807) is 0 Å². The van der Waals surface area contributed by atoms with Crippen molar-refractivity contribution in [2.45, 2.75) is 32.7 Å². The second-order valence-corrected chi connectivity index (χ2v) is 6.80. The molecule has 0 bridgehead atoms. The van der Waals surface area contributed by atoms with Gasteiger partial charge in [0.2, 0.25) is 0 Å². The zero-order valence-electron chi connectivity index (χ0n) is 14.1. The van der Waals surface area contributed by atoms with Crippen LogP contribution in [0.4, 0.5) is 0 Å². The van der Waals surface area contributed by atoms with Gasteiger partial charge in [-0.25, -0.2) is 0 Å². The third kappa shape index (κ3) is 4.06. The summed E-state index contributed by atoms with van der Waals surface area (Å²) in [5, 5.41) is 0. The van der Waals surface area contributed by atoms with Gasteiger partial charge in [0, 0.05) is 19.1 Å². The van der Waals surface area contributed by atoms with Crippen LogP contribution >= 0.6 is 0 Å². The first-order valence-electron chi connectivity index (χ1n) is 8.18. The van der Waals surface area contributed by atoms with E-state index in [1.807, 2.05) is 0 Å². The van der Waals surface area contributed by atoms with E-state index in [0.717, 1.165) is 5.92 Å². The average molecular weight is 289 g/mol. The minimum atomic E-state index is 0.381. The maximum Gasteiger partial charge on any atom is 0.0475 e. The van der Waals surface area contributed by atoms with Gasteiger partial charge in [0.25, 0.3) is 0 Å². The van der Waals surface area contributed by atoms with Crippen molar-refractivity contribution in [3.63, 3.8) is 0 Å². The molecular formula is C18H31N3. The molecule has 0 saturated carbocycles. The lowest BCUT2D eigenvalue weighted by atomic mass is 9.91. The van der Waals surface area contributed by atoms with E-state index in [-0.39, 0.29) is 0 Å². The molecule has 1 aromatic rings. The number of aryl methyl sites for hydroxylation is 2. The van der Waals surface area contributed by atoms with Crippen molar-refractivity contribution in [1.29, 1.82) is 0 Å². The van der Waals surface area contributed by atoms with Crippen molar-refractivity contribution < 1.29 is 0 Å². The quantitative estimate of drug-likeness (QED) is 0.904. The van der Waals surface area contributed by atoms with Crippen molar-refractivity contribution in [2.75, 3.05) is 40.3 Å². The van der Waals surface area contributed by atoms with Crippen LogP contribution in [0.2, 0.25) is 0 Å². The summed E-state index contributed by atoms with van der Waals surface area (Å²) in [5.41, 5.74) is 10.3. The third-order valence-corrected chi connectivity index (χ3v) is 4.81. The number of nitrogens with two attached hydrogens (primary N) is 1. The zero-order chi connectivity index (χ0) is 15.4. The Hall–Kier alpha value is -0.900. The predicted molar refractivity (Wildman–Crippen MR) is 90.6 cm³/mol. The second-order valence-electron chi connectivity index (χ2n) is 6.80. The van der Waals surface area contributed by atoms with Crippen LogP contribution in [-0.2, 0) is 0 Å². The highest BCUT2D eigenvalue weighted by Crippen LogP contribution is 2.30. The second kappa shape index (κ2) is 7.39. The largest absolute Gasteiger partial charge is 0.329 e. The number of rotatable bonds is 5. The highest BCUT2D eigenvalue weighted by molar-refractivity contribution is 5.36. The van der Waals surface area contributed by atoms with Crippen molar-refractivity contribution in [1.82, 2.24) is 9.80 Å². The molecule has 3 heteroatoms. The molecule has 1 fully saturated rings. The molecule has 118 valence electrons. The summed E-state index contributed by atoms with van der Waals surface area (Å²) >= 11 is 0. The molecule has 21 heavy (non-hydrogen) atoms. The monoisotopic (exact) mass is 289 g/mol. The van der Waals surface area contributed by atoms with Crippen LogP contribution in [0, 0.1) is 19.8 Å². The lowest BCUT2D eigenvalue weighted by Crippen LogP contribution is -2.42. The first kappa shape index (κ1) is 16.5. The summed E-state index contributed by atoms with van der Waals surface area (Å²) < 4.78 is 0. The third-order valence-electron chi connectivity index (χ3n) is 4.81. The predicted octanol–water partition coefficient (Wildman–Crippen LogP) is 2.58. The van der Waals surface area contributed by atoms with Crippen LogP contribution in [0.5, 0.6) is 0 Å². The van der Waals surface area contributed by atoms with E-state index in [0.29, 0.717) is 12.6 Å². The molecule has 0 radical (unpaired) electrons. The molecule has 2 N–H and O–H groups in total. The first-order valence-corrected chi connectivity index (χ1v) is 8.18. The number of hydrogen-bond donors (Lipinski definition) is 1. The molecule has 1 atom stereocenters. The maximum atomic E-state index is 6.14. The number of likely N-dealkylation sites (tertiary alicyclic amines) is 1. The Morgan fingerprint density at radius 2 is 1.76 bits per heavy atom. The minimum Gasteiger partial charge on any atom is -0.329 e. The molecule has 0 aromatic heterocycles. The van der Waals surface area contributed by atoms with Crippen LogP contribution in [0.3, 0.4) is 0 Å². The highest BCUT2D eigenvalue weighted by atomic mass is 15.2. The number of hydrogen-bond acceptors (Lipinski definition) is 3. The normalized spacial score (nSPS) is 19.1. The Balaban J connectivity index is 2.06. The molecule has 0 spiro atoms. The Labute approximate surface area is 130 Å². The molecule has 1 unspecified atom stereocenters. The molecule has 0 aliphatic carbocycles. The first-order chi connectivity index (χ1) is 10.0. The average Bonchev–Trinajstić information content (AvgIpc) is 2.44. The van der Waals surface area contributed by atoms with Gasteiger partial charge in [-0.3, -0.25) is 4.90 Å². The summed E-state index contributed by atoms with van der Waals surface area (Å²) in [4.78, 5) is 4.91. The van der Waals surface area contributed by atoms with Gasteiger partial charge in [-0.15, -0.1) is 0 Å². The fourth-order valence-corrected chi connectivity index (χ4v) is 3.77. The topological polar surface area (TPSA) is 32.5 Å². The van der Waals surface area contributed by atoms with Crippen LogP contribution in [0.15, 0.2) is 18.2 Å². The lowest BCUT2D eigenvalue weighted by molar-refractivity contribution is 0.122. The van der Waals surface area contributed by atoms with Gasteiger partial charge in [0.1, 0.15) is 0 Å². The van der Waals surface area contributed by atoms with Gasteiger partial charge >= 0.3 is 0 Å². The van der Waals surface area contributed by atoms with Crippen LogP contribution in [0.25, 0.3) is 0 Å². The minimum absolute atomic E-state index is 0.381. The van der Waals surface area contributed by atoms with Crippen molar-refractivity contribution >= 4 is 0 Å². The maximum absolute atomic E-state index is 6.14. The van der Waals surface area contributed by atoms with E-state index in [9.17, 15) is 0 Å². The molecule has 1 saturated heterocycles. The van der Waals surface area contributed by atoms with E-state index in [4.69, 9.17) is 5.73 Å². The van der Waals surface area contributed by atoms with E-state index < -0.39 is 0 Å². The number of benzene rings is 1. The molecule has 1 aliphatic heterocycles. The molecular weight excluding hydrogens is 258 g/mol. The molecule has 2 rings (SSSR count). The highest BCUT2D eigenvalue weighted by Gasteiger charge is 2.27. The Morgan fingerprint density at radius 1 is 1.19 bits per heavy atom. The fourth-order valence-electron chi connectivity index (χ4n) is 3.77. The van der Waals surface area contributed by atoms with Crippen LogP contribution in [0.1, 0.15) is 35.6 Å². The van der Waals surface area contributed by atoms with Gasteiger partial charge < -0.3 is 10.6 Å². The van der Waals surface area contributed by atoms with Crippen LogP contribution < -0.4 is 5.73 Å². The van der Waals surface area contributed by atoms with Gasteiger partial charge in [-0.05, 0) is 76.5 Å². The summed E-state index contributed by atoms with van der Waals surface area (Å²) in [6.45, 7) is 8.70. The summed E-state index contributed by atoms with van der Waals surface area (Å²) in [6, 6.07) is 6.95.